The third-order valence-corrected chi connectivity index (χ3v) is 2.11. The smallest absolute Gasteiger partial charge is 0.124 e. The first-order valence-electron chi connectivity index (χ1n) is 5.59. The van der Waals surface area contributed by atoms with Gasteiger partial charge in [-0.3, -0.25) is 10.3 Å². The Balaban J connectivity index is 4.27. The van der Waals surface area contributed by atoms with Crippen molar-refractivity contribution in [2.45, 2.75) is 26.5 Å². The Kier molecular flexibility index (Phi) is 8.80. The van der Waals surface area contributed by atoms with E-state index in [9.17, 15) is 5.11 Å². The molecule has 0 radical (unpaired) electrons. The molecule has 1 unspecified atom stereocenters. The minimum absolute atomic E-state index is 0.357. The van der Waals surface area contributed by atoms with Crippen LogP contribution in [0.3, 0.4) is 0 Å². The first-order valence-corrected chi connectivity index (χ1v) is 5.59. The molecular weight excluding hydrogens is 204 g/mol. The van der Waals surface area contributed by atoms with Gasteiger partial charge in [-0.25, -0.2) is 0 Å². The van der Waals surface area contributed by atoms with Crippen LogP contribution < -0.4 is 10.6 Å². The Morgan fingerprint density at radius 3 is 2.69 bits per heavy atom. The van der Waals surface area contributed by atoms with Gasteiger partial charge in [-0.05, 0) is 27.4 Å². The number of allylic oxidation sites excluding steroid dienone is 2. The molecule has 0 aromatic rings. The summed E-state index contributed by atoms with van der Waals surface area (Å²) in [7, 11) is 3.59. The standard InChI is InChI=1S/C11H24N4O/c1-5-6-10(2)15(8-12-3)9-14-7-11(16)13-4/h6,9,11-13,16H,5,7-8H2,1-4H3/b10-6-,14-9?. The number of hydrogen-bond donors (Lipinski definition) is 3. The van der Waals surface area contributed by atoms with Gasteiger partial charge in [-0.1, -0.05) is 13.0 Å². The molecule has 16 heavy (non-hydrogen) atoms. The van der Waals surface area contributed by atoms with Crippen LogP contribution in [-0.2, 0) is 0 Å². The summed E-state index contributed by atoms with van der Waals surface area (Å²) in [6, 6.07) is 0. The van der Waals surface area contributed by atoms with E-state index in [0.29, 0.717) is 13.2 Å². The van der Waals surface area contributed by atoms with Crippen molar-refractivity contribution in [2.75, 3.05) is 27.3 Å². The van der Waals surface area contributed by atoms with Crippen LogP contribution in [-0.4, -0.2) is 49.9 Å². The number of rotatable bonds is 8. The predicted octanol–water partition coefficient (Wildman–Crippen LogP) is 0.345. The molecule has 1 atom stereocenters. The van der Waals surface area contributed by atoms with Gasteiger partial charge in [0.1, 0.15) is 6.23 Å². The highest BCUT2D eigenvalue weighted by atomic mass is 16.3. The SMILES string of the molecule is CC/C=C(/C)N(C=NCC(O)NC)CNC. The number of nitrogens with one attached hydrogen (secondary N) is 2. The molecule has 3 N–H and O–H groups in total. The number of nitrogens with zero attached hydrogens (tertiary/aromatic N) is 2. The molecule has 0 aliphatic heterocycles. The lowest BCUT2D eigenvalue weighted by Crippen LogP contribution is -2.31. The minimum atomic E-state index is -0.580. The summed E-state index contributed by atoms with van der Waals surface area (Å²) in [5, 5.41) is 15.1. The van der Waals surface area contributed by atoms with E-state index in [1.54, 1.807) is 13.4 Å². The highest BCUT2D eigenvalue weighted by molar-refractivity contribution is 5.57. The van der Waals surface area contributed by atoms with Crippen molar-refractivity contribution in [3.8, 4) is 0 Å². The Labute approximate surface area is 98.2 Å². The van der Waals surface area contributed by atoms with Crippen molar-refractivity contribution in [1.29, 1.82) is 0 Å². The van der Waals surface area contributed by atoms with E-state index < -0.39 is 6.23 Å². The van der Waals surface area contributed by atoms with Gasteiger partial charge < -0.3 is 15.3 Å². The van der Waals surface area contributed by atoms with E-state index >= 15 is 0 Å². The molecule has 0 aliphatic rings. The molecule has 0 bridgehead atoms. The van der Waals surface area contributed by atoms with Crippen molar-refractivity contribution >= 4 is 6.34 Å². The van der Waals surface area contributed by atoms with Crippen molar-refractivity contribution in [1.82, 2.24) is 15.5 Å². The lowest BCUT2D eigenvalue weighted by Gasteiger charge is -2.20. The number of aliphatic hydroxyl groups is 1. The molecular formula is C11H24N4O. The molecule has 0 aliphatic carbocycles. The van der Waals surface area contributed by atoms with Gasteiger partial charge in [0, 0.05) is 5.70 Å². The zero-order valence-electron chi connectivity index (χ0n) is 10.7. The van der Waals surface area contributed by atoms with Gasteiger partial charge >= 0.3 is 0 Å². The number of aliphatic hydroxyl groups excluding tert-OH is 1. The van der Waals surface area contributed by atoms with Crippen molar-refractivity contribution in [3.63, 3.8) is 0 Å². The van der Waals surface area contributed by atoms with E-state index in [2.05, 4.69) is 28.6 Å². The summed E-state index contributed by atoms with van der Waals surface area (Å²) in [4.78, 5) is 6.18. The fourth-order valence-electron chi connectivity index (χ4n) is 1.18. The van der Waals surface area contributed by atoms with E-state index in [1.165, 1.54) is 0 Å². The van der Waals surface area contributed by atoms with E-state index in [0.717, 1.165) is 12.1 Å². The predicted molar refractivity (Wildman–Crippen MR) is 68.2 cm³/mol. The highest BCUT2D eigenvalue weighted by Crippen LogP contribution is 2.00. The Hall–Kier alpha value is -0.910. The van der Waals surface area contributed by atoms with Crippen molar-refractivity contribution in [2.24, 2.45) is 4.99 Å². The Morgan fingerprint density at radius 1 is 1.50 bits per heavy atom. The summed E-state index contributed by atoms with van der Waals surface area (Å²) < 4.78 is 0. The van der Waals surface area contributed by atoms with E-state index in [4.69, 9.17) is 0 Å². The molecule has 0 spiro atoms. The molecule has 0 heterocycles. The zero-order valence-corrected chi connectivity index (χ0v) is 10.7. The number of likely N-dealkylation sites (N-methyl/N-ethyl adjacent to an activating group) is 1. The van der Waals surface area contributed by atoms with Crippen molar-refractivity contribution in [3.05, 3.63) is 11.8 Å². The Bertz CT molecular complexity index is 228. The Morgan fingerprint density at radius 2 is 2.19 bits per heavy atom. The maximum atomic E-state index is 9.27. The molecule has 0 amide bonds. The number of hydrogen-bond acceptors (Lipinski definition) is 4. The lowest BCUT2D eigenvalue weighted by atomic mass is 10.3. The van der Waals surface area contributed by atoms with Crippen LogP contribution in [0.2, 0.25) is 0 Å². The topological polar surface area (TPSA) is 59.9 Å². The highest BCUT2D eigenvalue weighted by Gasteiger charge is 2.01. The molecule has 0 rings (SSSR count). The van der Waals surface area contributed by atoms with E-state index in [1.807, 2.05) is 18.9 Å². The largest absolute Gasteiger partial charge is 0.377 e. The summed E-state index contributed by atoms with van der Waals surface area (Å²) in [5.41, 5.74) is 1.15. The third-order valence-electron chi connectivity index (χ3n) is 2.11. The summed E-state index contributed by atoms with van der Waals surface area (Å²) in [6.45, 7) is 5.21. The minimum Gasteiger partial charge on any atom is -0.377 e. The van der Waals surface area contributed by atoms with Gasteiger partial charge in [0.05, 0.1) is 19.6 Å². The quantitative estimate of drug-likeness (QED) is 0.319. The second kappa shape index (κ2) is 9.33. The first kappa shape index (κ1) is 15.1. The van der Waals surface area contributed by atoms with E-state index in [-0.39, 0.29) is 0 Å². The molecule has 5 nitrogen and oxygen atoms in total. The van der Waals surface area contributed by atoms with Crippen LogP contribution in [0.15, 0.2) is 16.8 Å². The molecule has 0 fully saturated rings. The molecule has 0 aromatic heterocycles. The fourth-order valence-corrected chi connectivity index (χ4v) is 1.18. The third kappa shape index (κ3) is 6.55. The van der Waals surface area contributed by atoms with Crippen LogP contribution in [0.4, 0.5) is 0 Å². The maximum absolute atomic E-state index is 9.27. The normalized spacial score (nSPS) is 14.4. The van der Waals surface area contributed by atoms with Crippen LogP contribution in [0.5, 0.6) is 0 Å². The van der Waals surface area contributed by atoms with Crippen LogP contribution in [0.25, 0.3) is 0 Å². The summed E-state index contributed by atoms with van der Waals surface area (Å²) in [6.07, 6.45) is 4.30. The second-order valence-corrected chi connectivity index (χ2v) is 3.52. The second-order valence-electron chi connectivity index (χ2n) is 3.52. The zero-order chi connectivity index (χ0) is 12.4. The van der Waals surface area contributed by atoms with Crippen molar-refractivity contribution < 1.29 is 5.11 Å². The lowest BCUT2D eigenvalue weighted by molar-refractivity contribution is 0.155. The summed E-state index contributed by atoms with van der Waals surface area (Å²) >= 11 is 0. The van der Waals surface area contributed by atoms with Gasteiger partial charge in [0.2, 0.25) is 0 Å². The van der Waals surface area contributed by atoms with Gasteiger partial charge in [0.15, 0.2) is 0 Å². The van der Waals surface area contributed by atoms with Crippen LogP contribution >= 0.6 is 0 Å². The average molecular weight is 228 g/mol. The first-order chi connectivity index (χ1) is 7.65. The van der Waals surface area contributed by atoms with Gasteiger partial charge in [-0.15, -0.1) is 0 Å². The summed E-state index contributed by atoms with van der Waals surface area (Å²) in [5.74, 6) is 0. The fraction of sp³-hybridized carbons (Fsp3) is 0.727. The molecule has 5 heteroatoms. The van der Waals surface area contributed by atoms with Gasteiger partial charge in [-0.2, -0.15) is 0 Å². The average Bonchev–Trinajstić information content (AvgIpc) is 2.28. The molecule has 94 valence electrons. The molecule has 0 aromatic carbocycles. The van der Waals surface area contributed by atoms with Gasteiger partial charge in [0.25, 0.3) is 0 Å². The maximum Gasteiger partial charge on any atom is 0.124 e. The molecule has 0 saturated heterocycles. The monoisotopic (exact) mass is 228 g/mol. The molecule has 0 saturated carbocycles. The number of aliphatic imine (C=N–C) groups is 1. The van der Waals surface area contributed by atoms with Crippen LogP contribution in [0, 0.1) is 0 Å². The van der Waals surface area contributed by atoms with Crippen LogP contribution in [0.1, 0.15) is 20.3 Å².